The molecule has 4 aromatic rings. The minimum absolute atomic E-state index is 0.147. The molecule has 210 valence electrons. The van der Waals surface area contributed by atoms with E-state index >= 15 is 0 Å². The molecular weight excluding hydrogens is 542 g/mol. The van der Waals surface area contributed by atoms with Gasteiger partial charge in [0.2, 0.25) is 0 Å². The zero-order chi connectivity index (χ0) is 28.8. The third-order valence-electron chi connectivity index (χ3n) is 6.38. The van der Waals surface area contributed by atoms with Crippen LogP contribution < -0.4 is 14.2 Å². The number of carboxylic acid groups (broad SMARTS) is 1. The van der Waals surface area contributed by atoms with Crippen LogP contribution in [0.15, 0.2) is 82.8 Å². The summed E-state index contributed by atoms with van der Waals surface area (Å²) in [6.45, 7) is 2.17. The average Bonchev–Trinajstić information content (AvgIpc) is 3.52. The number of hydrogen-bond acceptors (Lipinski definition) is 7. The molecular formula is C31H29N3O6S. The number of carbonyl (C=O) groups excluding carboxylic acids is 1. The molecule has 2 heterocycles. The van der Waals surface area contributed by atoms with Crippen molar-refractivity contribution in [2.75, 3.05) is 26.9 Å². The van der Waals surface area contributed by atoms with Gasteiger partial charge in [-0.15, -0.1) is 0 Å². The molecule has 9 nitrogen and oxygen atoms in total. The second-order valence-corrected chi connectivity index (χ2v) is 10.1. The lowest BCUT2D eigenvalue weighted by atomic mass is 10.1. The van der Waals surface area contributed by atoms with Crippen LogP contribution in [0.25, 0.3) is 17.0 Å². The van der Waals surface area contributed by atoms with Crippen molar-refractivity contribution in [3.05, 3.63) is 89.0 Å². The minimum atomic E-state index is -1.08. The fraction of sp³-hybridized carbons (Fsp3) is 0.194. The first-order valence-electron chi connectivity index (χ1n) is 13.1. The molecule has 0 unspecified atom stereocenters. The Morgan fingerprint density at radius 2 is 1.88 bits per heavy atom. The molecule has 0 saturated carbocycles. The Balaban J connectivity index is 1.44. The van der Waals surface area contributed by atoms with Gasteiger partial charge in [-0.25, -0.2) is 9.79 Å². The van der Waals surface area contributed by atoms with Gasteiger partial charge < -0.3 is 24.3 Å². The average molecular weight is 572 g/mol. The van der Waals surface area contributed by atoms with E-state index < -0.39 is 12.6 Å². The van der Waals surface area contributed by atoms with Crippen LogP contribution in [0, 0.1) is 0 Å². The Kier molecular flexibility index (Phi) is 8.59. The minimum Gasteiger partial charge on any atom is -0.497 e. The van der Waals surface area contributed by atoms with Gasteiger partial charge in [0.15, 0.2) is 23.3 Å². The maximum Gasteiger partial charge on any atom is 0.341 e. The standard InChI is InChI=1S/C31H29N3O6S/c1-3-39-27-16-20(8-13-26(27)40-19-29(35)36)17-28-30(37)34(15-14-21-18-32-25-7-5-4-6-24(21)25)31(41-28)33-22-9-11-23(38-2)12-10-22/h4-13,16-18,32H,3,14-15,19H2,1-2H3,(H,35,36)/b28-17-,33-31?. The molecule has 0 spiro atoms. The summed E-state index contributed by atoms with van der Waals surface area (Å²) in [6.07, 6.45) is 4.42. The second-order valence-electron chi connectivity index (χ2n) is 9.09. The number of hydrogen-bond donors (Lipinski definition) is 2. The highest BCUT2D eigenvalue weighted by Gasteiger charge is 2.33. The number of benzene rings is 3. The highest BCUT2D eigenvalue weighted by atomic mass is 32.2. The van der Waals surface area contributed by atoms with Gasteiger partial charge in [-0.05, 0) is 84.8 Å². The Bertz CT molecular complexity index is 1630. The number of methoxy groups -OCH3 is 1. The van der Waals surface area contributed by atoms with E-state index in [0.717, 1.165) is 22.2 Å². The van der Waals surface area contributed by atoms with E-state index in [9.17, 15) is 9.59 Å². The van der Waals surface area contributed by atoms with Crippen molar-refractivity contribution in [1.82, 2.24) is 9.88 Å². The van der Waals surface area contributed by atoms with Gasteiger partial charge in [0, 0.05) is 23.6 Å². The zero-order valence-corrected chi connectivity index (χ0v) is 23.4. The molecule has 0 radical (unpaired) electrons. The molecule has 41 heavy (non-hydrogen) atoms. The van der Waals surface area contributed by atoms with Crippen molar-refractivity contribution in [3.8, 4) is 17.2 Å². The van der Waals surface area contributed by atoms with E-state index in [1.807, 2.05) is 55.6 Å². The smallest absolute Gasteiger partial charge is 0.341 e. The maximum absolute atomic E-state index is 13.7. The lowest BCUT2D eigenvalue weighted by Gasteiger charge is -2.15. The van der Waals surface area contributed by atoms with Gasteiger partial charge in [-0.2, -0.15) is 0 Å². The molecule has 10 heteroatoms. The first-order valence-corrected chi connectivity index (χ1v) is 13.9. The Labute approximate surface area is 241 Å². The van der Waals surface area contributed by atoms with Crippen LogP contribution in [0.2, 0.25) is 0 Å². The molecule has 3 aromatic carbocycles. The van der Waals surface area contributed by atoms with Gasteiger partial charge in [0.1, 0.15) is 5.75 Å². The summed E-state index contributed by atoms with van der Waals surface area (Å²) in [5.41, 5.74) is 3.60. The van der Waals surface area contributed by atoms with Crippen molar-refractivity contribution >= 4 is 51.5 Å². The van der Waals surface area contributed by atoms with Crippen LogP contribution in [0.3, 0.4) is 0 Å². The largest absolute Gasteiger partial charge is 0.497 e. The lowest BCUT2D eigenvalue weighted by Crippen LogP contribution is -2.31. The number of amidine groups is 1. The number of aromatic nitrogens is 1. The van der Waals surface area contributed by atoms with Gasteiger partial charge in [-0.3, -0.25) is 9.69 Å². The summed E-state index contributed by atoms with van der Waals surface area (Å²) in [5.74, 6) is 0.224. The molecule has 0 aliphatic carbocycles. The maximum atomic E-state index is 13.7. The monoisotopic (exact) mass is 571 g/mol. The number of nitrogens with one attached hydrogen (secondary N) is 1. The Morgan fingerprint density at radius 1 is 1.07 bits per heavy atom. The van der Waals surface area contributed by atoms with Gasteiger partial charge in [-0.1, -0.05) is 24.3 Å². The topological polar surface area (TPSA) is 113 Å². The van der Waals surface area contributed by atoms with E-state index in [1.54, 1.807) is 36.3 Å². The number of amides is 1. The third kappa shape index (κ3) is 6.55. The molecule has 1 fully saturated rings. The number of nitrogens with zero attached hydrogens (tertiary/aromatic N) is 2. The summed E-state index contributed by atoms with van der Waals surface area (Å²) in [5, 5.41) is 10.7. The second kappa shape index (κ2) is 12.6. The Hall–Kier alpha value is -4.70. The van der Waals surface area contributed by atoms with Crippen molar-refractivity contribution < 1.29 is 28.9 Å². The molecule has 1 aliphatic heterocycles. The lowest BCUT2D eigenvalue weighted by molar-refractivity contribution is -0.139. The van der Waals surface area contributed by atoms with E-state index in [0.29, 0.717) is 52.4 Å². The number of thioether (sulfide) groups is 1. The summed E-state index contributed by atoms with van der Waals surface area (Å²) in [7, 11) is 1.61. The van der Waals surface area contributed by atoms with Gasteiger partial charge in [0.05, 0.1) is 24.3 Å². The van der Waals surface area contributed by atoms with E-state index in [-0.39, 0.29) is 5.91 Å². The number of rotatable bonds is 11. The number of ether oxygens (including phenoxy) is 3. The van der Waals surface area contributed by atoms with Crippen LogP contribution in [0.5, 0.6) is 17.2 Å². The number of para-hydroxylation sites is 1. The predicted octanol–water partition coefficient (Wildman–Crippen LogP) is 5.89. The summed E-state index contributed by atoms with van der Waals surface area (Å²) >= 11 is 1.30. The van der Waals surface area contributed by atoms with Crippen molar-refractivity contribution in [1.29, 1.82) is 0 Å². The first-order chi connectivity index (χ1) is 19.9. The first kappa shape index (κ1) is 27.9. The van der Waals surface area contributed by atoms with Crippen LogP contribution >= 0.6 is 11.8 Å². The number of aromatic amines is 1. The molecule has 1 aliphatic rings. The number of fused-ring (bicyclic) bond motifs is 1. The molecule has 0 bridgehead atoms. The van der Waals surface area contributed by atoms with Crippen LogP contribution in [-0.4, -0.2) is 58.9 Å². The molecule has 5 rings (SSSR count). The highest BCUT2D eigenvalue weighted by Crippen LogP contribution is 2.36. The van der Waals surface area contributed by atoms with Crippen molar-refractivity contribution in [2.24, 2.45) is 4.99 Å². The van der Waals surface area contributed by atoms with E-state index in [1.165, 1.54) is 11.8 Å². The summed E-state index contributed by atoms with van der Waals surface area (Å²) in [6, 6.07) is 20.6. The fourth-order valence-electron chi connectivity index (χ4n) is 4.42. The number of aliphatic carboxylic acids is 1. The number of aliphatic imine (C=N–C) groups is 1. The molecule has 0 atom stereocenters. The van der Waals surface area contributed by atoms with Crippen LogP contribution in [0.4, 0.5) is 5.69 Å². The van der Waals surface area contributed by atoms with Crippen LogP contribution in [0.1, 0.15) is 18.1 Å². The number of carbonyl (C=O) groups is 2. The molecule has 1 saturated heterocycles. The van der Waals surface area contributed by atoms with Gasteiger partial charge >= 0.3 is 5.97 Å². The van der Waals surface area contributed by atoms with E-state index in [4.69, 9.17) is 24.3 Å². The predicted molar refractivity (Wildman–Crippen MR) is 160 cm³/mol. The normalized spacial score (nSPS) is 15.2. The quantitative estimate of drug-likeness (QED) is 0.216. The fourth-order valence-corrected chi connectivity index (χ4v) is 5.44. The SMILES string of the molecule is CCOc1cc(/C=C2\SC(=Nc3ccc(OC)cc3)N(CCc3c[nH]c4ccccc34)C2=O)ccc1OCC(=O)O. The third-order valence-corrected chi connectivity index (χ3v) is 7.39. The van der Waals surface area contributed by atoms with Crippen LogP contribution in [-0.2, 0) is 16.0 Å². The van der Waals surface area contributed by atoms with Crippen molar-refractivity contribution in [2.45, 2.75) is 13.3 Å². The van der Waals surface area contributed by atoms with E-state index in [2.05, 4.69) is 11.1 Å². The zero-order valence-electron chi connectivity index (χ0n) is 22.6. The number of carboxylic acids is 1. The number of H-pyrrole nitrogens is 1. The van der Waals surface area contributed by atoms with Gasteiger partial charge in [0.25, 0.3) is 5.91 Å². The van der Waals surface area contributed by atoms with Crippen molar-refractivity contribution in [3.63, 3.8) is 0 Å². The summed E-state index contributed by atoms with van der Waals surface area (Å²) < 4.78 is 16.3. The highest BCUT2D eigenvalue weighted by molar-refractivity contribution is 8.18. The summed E-state index contributed by atoms with van der Waals surface area (Å²) in [4.78, 5) is 35.0. The Morgan fingerprint density at radius 3 is 2.63 bits per heavy atom. The molecule has 2 N–H and O–H groups in total. The molecule has 1 amide bonds. The molecule has 1 aromatic heterocycles.